The SMILES string of the molecule is CCC(CC)CN(CC)CCCC(C)(NC1CC1)C(=O)O. The monoisotopic (exact) mass is 298 g/mol. The molecule has 0 bridgehead atoms. The van der Waals surface area contributed by atoms with Crippen LogP contribution in [0.4, 0.5) is 0 Å². The van der Waals surface area contributed by atoms with E-state index in [9.17, 15) is 9.90 Å². The van der Waals surface area contributed by atoms with Crippen LogP contribution in [0, 0.1) is 5.92 Å². The summed E-state index contributed by atoms with van der Waals surface area (Å²) in [6, 6.07) is 0.429. The van der Waals surface area contributed by atoms with Gasteiger partial charge in [0.05, 0.1) is 0 Å². The van der Waals surface area contributed by atoms with E-state index in [1.807, 2.05) is 6.92 Å². The van der Waals surface area contributed by atoms with Gasteiger partial charge in [-0.05, 0) is 51.6 Å². The van der Waals surface area contributed by atoms with Gasteiger partial charge in [-0.1, -0.05) is 33.6 Å². The van der Waals surface area contributed by atoms with Gasteiger partial charge in [0.15, 0.2) is 0 Å². The fourth-order valence-electron chi connectivity index (χ4n) is 2.87. The second-order valence-corrected chi connectivity index (χ2v) is 6.74. The average Bonchev–Trinajstić information content (AvgIpc) is 3.26. The highest BCUT2D eigenvalue weighted by Gasteiger charge is 2.37. The maximum atomic E-state index is 11.5. The number of aliphatic carboxylic acids is 1. The minimum Gasteiger partial charge on any atom is -0.480 e. The largest absolute Gasteiger partial charge is 0.480 e. The van der Waals surface area contributed by atoms with Crippen molar-refractivity contribution in [3.8, 4) is 0 Å². The van der Waals surface area contributed by atoms with Gasteiger partial charge in [0.1, 0.15) is 5.54 Å². The van der Waals surface area contributed by atoms with Crippen LogP contribution >= 0.6 is 0 Å². The van der Waals surface area contributed by atoms with E-state index in [4.69, 9.17) is 0 Å². The van der Waals surface area contributed by atoms with Crippen LogP contribution in [0.25, 0.3) is 0 Å². The number of nitrogens with zero attached hydrogens (tertiary/aromatic N) is 1. The third-order valence-electron chi connectivity index (χ3n) is 4.84. The molecule has 0 aromatic carbocycles. The predicted octanol–water partition coefficient (Wildman–Crippen LogP) is 3.12. The van der Waals surface area contributed by atoms with Crippen molar-refractivity contribution in [1.82, 2.24) is 10.2 Å². The lowest BCUT2D eigenvalue weighted by Crippen LogP contribution is -2.51. The highest BCUT2D eigenvalue weighted by atomic mass is 16.4. The van der Waals surface area contributed by atoms with E-state index >= 15 is 0 Å². The van der Waals surface area contributed by atoms with Crippen molar-refractivity contribution in [2.75, 3.05) is 19.6 Å². The van der Waals surface area contributed by atoms with Crippen LogP contribution in [-0.4, -0.2) is 47.2 Å². The van der Waals surface area contributed by atoms with E-state index in [0.29, 0.717) is 12.5 Å². The zero-order valence-electron chi connectivity index (χ0n) is 14.3. The number of rotatable bonds is 12. The van der Waals surface area contributed by atoms with Gasteiger partial charge in [0.2, 0.25) is 0 Å². The lowest BCUT2D eigenvalue weighted by molar-refractivity contribution is -0.144. The van der Waals surface area contributed by atoms with E-state index in [1.54, 1.807) is 0 Å². The van der Waals surface area contributed by atoms with Crippen LogP contribution in [0.5, 0.6) is 0 Å². The molecule has 0 radical (unpaired) electrons. The second-order valence-electron chi connectivity index (χ2n) is 6.74. The van der Waals surface area contributed by atoms with E-state index in [-0.39, 0.29) is 0 Å². The molecule has 21 heavy (non-hydrogen) atoms. The fourth-order valence-corrected chi connectivity index (χ4v) is 2.87. The normalized spacial score (nSPS) is 18.2. The maximum Gasteiger partial charge on any atom is 0.323 e. The summed E-state index contributed by atoms with van der Waals surface area (Å²) in [6.07, 6.45) is 6.35. The van der Waals surface area contributed by atoms with Crippen molar-refractivity contribution in [1.29, 1.82) is 0 Å². The molecule has 0 aromatic heterocycles. The van der Waals surface area contributed by atoms with Crippen LogP contribution in [-0.2, 0) is 4.79 Å². The zero-order chi connectivity index (χ0) is 15.9. The summed E-state index contributed by atoms with van der Waals surface area (Å²) in [5.41, 5.74) is -0.754. The molecule has 0 aliphatic heterocycles. The van der Waals surface area contributed by atoms with Crippen LogP contribution in [0.1, 0.15) is 66.2 Å². The lowest BCUT2D eigenvalue weighted by atomic mass is 9.95. The molecule has 4 nitrogen and oxygen atoms in total. The number of nitrogens with one attached hydrogen (secondary N) is 1. The Labute approximate surface area is 130 Å². The highest BCUT2D eigenvalue weighted by molar-refractivity contribution is 5.78. The van der Waals surface area contributed by atoms with Gasteiger partial charge in [0, 0.05) is 12.6 Å². The first-order valence-electron chi connectivity index (χ1n) is 8.68. The lowest BCUT2D eigenvalue weighted by Gasteiger charge is -2.29. The van der Waals surface area contributed by atoms with Crippen molar-refractivity contribution in [2.45, 2.75) is 77.8 Å². The first kappa shape index (κ1) is 18.4. The molecule has 1 fully saturated rings. The third kappa shape index (κ3) is 6.35. The number of carboxylic acids is 1. The molecule has 0 amide bonds. The Morgan fingerprint density at radius 3 is 2.38 bits per heavy atom. The van der Waals surface area contributed by atoms with Crippen LogP contribution in [0.15, 0.2) is 0 Å². The summed E-state index contributed by atoms with van der Waals surface area (Å²) >= 11 is 0. The molecule has 0 spiro atoms. The van der Waals surface area contributed by atoms with E-state index < -0.39 is 11.5 Å². The number of hydrogen-bond acceptors (Lipinski definition) is 3. The molecule has 124 valence electrons. The summed E-state index contributed by atoms with van der Waals surface area (Å²) in [5.74, 6) is 0.0536. The molecule has 1 saturated carbocycles. The van der Waals surface area contributed by atoms with Crippen molar-refractivity contribution in [2.24, 2.45) is 5.92 Å². The molecule has 2 N–H and O–H groups in total. The van der Waals surface area contributed by atoms with Gasteiger partial charge in [-0.25, -0.2) is 0 Å². The molecule has 0 heterocycles. The first-order valence-corrected chi connectivity index (χ1v) is 8.68. The minimum absolute atomic E-state index is 0.429. The number of hydrogen-bond donors (Lipinski definition) is 2. The second kappa shape index (κ2) is 8.74. The van der Waals surface area contributed by atoms with Gasteiger partial charge in [0.25, 0.3) is 0 Å². The third-order valence-corrected chi connectivity index (χ3v) is 4.84. The molecule has 1 unspecified atom stereocenters. The van der Waals surface area contributed by atoms with Crippen LogP contribution in [0.2, 0.25) is 0 Å². The average molecular weight is 298 g/mol. The molecule has 1 aliphatic rings. The molecule has 1 rings (SSSR count). The van der Waals surface area contributed by atoms with Gasteiger partial charge in [-0.15, -0.1) is 0 Å². The smallest absolute Gasteiger partial charge is 0.323 e. The molecular formula is C17H34N2O2. The van der Waals surface area contributed by atoms with E-state index in [2.05, 4.69) is 31.0 Å². The Bertz CT molecular complexity index is 314. The molecule has 0 aromatic rings. The Morgan fingerprint density at radius 2 is 1.95 bits per heavy atom. The molecule has 1 aliphatic carbocycles. The number of carbonyl (C=O) groups is 1. The Kier molecular flexibility index (Phi) is 7.67. The van der Waals surface area contributed by atoms with Gasteiger partial charge in [-0.2, -0.15) is 0 Å². The fraction of sp³-hybridized carbons (Fsp3) is 0.941. The Morgan fingerprint density at radius 1 is 1.33 bits per heavy atom. The van der Waals surface area contributed by atoms with Crippen molar-refractivity contribution in [3.05, 3.63) is 0 Å². The summed E-state index contributed by atoms with van der Waals surface area (Å²) in [7, 11) is 0. The van der Waals surface area contributed by atoms with Crippen molar-refractivity contribution in [3.63, 3.8) is 0 Å². The van der Waals surface area contributed by atoms with E-state index in [0.717, 1.165) is 44.8 Å². The van der Waals surface area contributed by atoms with E-state index in [1.165, 1.54) is 12.8 Å². The zero-order valence-corrected chi connectivity index (χ0v) is 14.3. The standard InChI is InChI=1S/C17H34N2O2/c1-5-14(6-2)13-19(7-3)12-8-11-17(4,16(20)21)18-15-9-10-15/h14-15,18H,5-13H2,1-4H3,(H,20,21). The molecule has 0 saturated heterocycles. The predicted molar refractivity (Wildman–Crippen MR) is 87.6 cm³/mol. The van der Waals surface area contributed by atoms with Gasteiger partial charge >= 0.3 is 5.97 Å². The van der Waals surface area contributed by atoms with Crippen LogP contribution < -0.4 is 5.32 Å². The summed E-state index contributed by atoms with van der Waals surface area (Å²) in [5, 5.41) is 12.8. The first-order chi connectivity index (χ1) is 9.95. The molecular weight excluding hydrogens is 264 g/mol. The summed E-state index contributed by atoms with van der Waals surface area (Å²) in [6.45, 7) is 11.7. The quantitative estimate of drug-likeness (QED) is 0.581. The molecule has 4 heteroatoms. The Balaban J connectivity index is 2.38. The minimum atomic E-state index is -0.754. The van der Waals surface area contributed by atoms with Crippen molar-refractivity contribution < 1.29 is 9.90 Å². The summed E-state index contributed by atoms with van der Waals surface area (Å²) < 4.78 is 0. The van der Waals surface area contributed by atoms with Gasteiger partial charge < -0.3 is 10.0 Å². The van der Waals surface area contributed by atoms with Crippen LogP contribution in [0.3, 0.4) is 0 Å². The molecule has 1 atom stereocenters. The van der Waals surface area contributed by atoms with Crippen molar-refractivity contribution >= 4 is 5.97 Å². The maximum absolute atomic E-state index is 11.5. The Hall–Kier alpha value is -0.610. The van der Waals surface area contributed by atoms with Gasteiger partial charge in [-0.3, -0.25) is 10.1 Å². The summed E-state index contributed by atoms with van der Waals surface area (Å²) in [4.78, 5) is 14.0. The highest BCUT2D eigenvalue weighted by Crippen LogP contribution is 2.25. The topological polar surface area (TPSA) is 52.6 Å². The number of carboxylic acid groups (broad SMARTS) is 1.